The van der Waals surface area contributed by atoms with E-state index in [9.17, 15) is 0 Å². The molecule has 1 heterocycles. The predicted molar refractivity (Wildman–Crippen MR) is 88.3 cm³/mol. The fraction of sp³-hybridized carbons (Fsp3) is 0.706. The van der Waals surface area contributed by atoms with Crippen LogP contribution in [0.3, 0.4) is 0 Å². The van der Waals surface area contributed by atoms with Crippen molar-refractivity contribution in [1.29, 1.82) is 0 Å². The number of anilines is 1. The second-order valence-corrected chi connectivity index (χ2v) is 7.92. The van der Waals surface area contributed by atoms with Crippen LogP contribution in [0.1, 0.15) is 72.6 Å². The minimum absolute atomic E-state index is 0.0251. The molecule has 2 N–H and O–H groups in total. The molecule has 0 aliphatic rings. The Morgan fingerprint density at radius 2 is 1.60 bits per heavy atom. The average molecular weight is 277 g/mol. The molecule has 0 radical (unpaired) electrons. The molecule has 20 heavy (non-hydrogen) atoms. The summed E-state index contributed by atoms with van der Waals surface area (Å²) in [6.45, 7) is 18.3. The quantitative estimate of drug-likeness (QED) is 0.861. The molecule has 1 rings (SSSR count). The second-order valence-electron chi connectivity index (χ2n) is 7.92. The molecule has 0 unspecified atom stereocenters. The Kier molecular flexibility index (Phi) is 5.20. The Hall–Kier alpha value is -1.09. The largest absolute Gasteiger partial charge is 0.365 e. The standard InChI is InChI=1S/C17H31N3/c1-12(2)14-9-13(11-18-16(3,4)5)10-15(19-14)20-17(6,7)8/h9-10,12,18H,11H2,1-8H3,(H,19,20). The van der Waals surface area contributed by atoms with E-state index in [1.807, 2.05) is 0 Å². The Morgan fingerprint density at radius 3 is 2.05 bits per heavy atom. The van der Waals surface area contributed by atoms with Gasteiger partial charge in [0.15, 0.2) is 0 Å². The lowest BCUT2D eigenvalue weighted by molar-refractivity contribution is 0.424. The lowest BCUT2D eigenvalue weighted by Gasteiger charge is -2.24. The van der Waals surface area contributed by atoms with Crippen LogP contribution in [0, 0.1) is 0 Å². The van der Waals surface area contributed by atoms with Gasteiger partial charge in [0, 0.05) is 23.3 Å². The molecule has 0 saturated heterocycles. The van der Waals surface area contributed by atoms with Crippen LogP contribution in [0.25, 0.3) is 0 Å². The highest BCUT2D eigenvalue weighted by molar-refractivity contribution is 5.42. The molecule has 0 aliphatic heterocycles. The first-order valence-electron chi connectivity index (χ1n) is 7.50. The Balaban J connectivity index is 2.99. The van der Waals surface area contributed by atoms with Crippen LogP contribution in [-0.2, 0) is 6.54 Å². The second kappa shape index (κ2) is 6.13. The first kappa shape index (κ1) is 17.0. The van der Waals surface area contributed by atoms with Gasteiger partial charge in [-0.2, -0.15) is 0 Å². The Bertz CT molecular complexity index is 437. The van der Waals surface area contributed by atoms with E-state index in [0.29, 0.717) is 5.92 Å². The zero-order valence-electron chi connectivity index (χ0n) is 14.4. The molecule has 1 aromatic heterocycles. The highest BCUT2D eigenvalue weighted by Gasteiger charge is 2.14. The summed E-state index contributed by atoms with van der Waals surface area (Å²) < 4.78 is 0. The van der Waals surface area contributed by atoms with Gasteiger partial charge in [0.05, 0.1) is 0 Å². The van der Waals surface area contributed by atoms with Gasteiger partial charge in [-0.25, -0.2) is 4.98 Å². The minimum Gasteiger partial charge on any atom is -0.365 e. The summed E-state index contributed by atoms with van der Waals surface area (Å²) >= 11 is 0. The summed E-state index contributed by atoms with van der Waals surface area (Å²) in [5.74, 6) is 1.40. The summed E-state index contributed by atoms with van der Waals surface area (Å²) in [6.07, 6.45) is 0. The molecule has 0 fully saturated rings. The van der Waals surface area contributed by atoms with Gasteiger partial charge in [-0.05, 0) is 65.2 Å². The van der Waals surface area contributed by atoms with E-state index in [0.717, 1.165) is 18.1 Å². The summed E-state index contributed by atoms with van der Waals surface area (Å²) in [5.41, 5.74) is 2.58. The first-order valence-corrected chi connectivity index (χ1v) is 7.50. The lowest BCUT2D eigenvalue weighted by Crippen LogP contribution is -2.35. The van der Waals surface area contributed by atoms with Crippen molar-refractivity contribution in [3.8, 4) is 0 Å². The van der Waals surface area contributed by atoms with Crippen molar-refractivity contribution >= 4 is 5.82 Å². The highest BCUT2D eigenvalue weighted by Crippen LogP contribution is 2.20. The van der Waals surface area contributed by atoms with Gasteiger partial charge < -0.3 is 10.6 Å². The fourth-order valence-electron chi connectivity index (χ4n) is 1.82. The van der Waals surface area contributed by atoms with Crippen molar-refractivity contribution in [2.24, 2.45) is 0 Å². The van der Waals surface area contributed by atoms with Crippen molar-refractivity contribution in [1.82, 2.24) is 10.3 Å². The van der Waals surface area contributed by atoms with Gasteiger partial charge in [0.25, 0.3) is 0 Å². The molecule has 1 aromatic rings. The fourth-order valence-corrected chi connectivity index (χ4v) is 1.82. The maximum absolute atomic E-state index is 4.72. The summed E-state index contributed by atoms with van der Waals surface area (Å²) in [5, 5.41) is 7.01. The van der Waals surface area contributed by atoms with Crippen LogP contribution < -0.4 is 10.6 Å². The monoisotopic (exact) mass is 277 g/mol. The molecule has 0 amide bonds. The van der Waals surface area contributed by atoms with Crippen molar-refractivity contribution in [3.05, 3.63) is 23.4 Å². The normalized spacial score (nSPS) is 12.8. The Morgan fingerprint density at radius 1 is 1.00 bits per heavy atom. The van der Waals surface area contributed by atoms with E-state index in [1.54, 1.807) is 0 Å². The lowest BCUT2D eigenvalue weighted by atomic mass is 10.0. The number of pyridine rings is 1. The van der Waals surface area contributed by atoms with E-state index >= 15 is 0 Å². The molecule has 0 spiro atoms. The van der Waals surface area contributed by atoms with Crippen LogP contribution in [-0.4, -0.2) is 16.1 Å². The van der Waals surface area contributed by atoms with E-state index in [-0.39, 0.29) is 11.1 Å². The third-order valence-corrected chi connectivity index (χ3v) is 2.82. The molecule has 0 bridgehead atoms. The van der Waals surface area contributed by atoms with Gasteiger partial charge in [-0.1, -0.05) is 13.8 Å². The van der Waals surface area contributed by atoms with Gasteiger partial charge in [-0.15, -0.1) is 0 Å². The topological polar surface area (TPSA) is 37.0 Å². The van der Waals surface area contributed by atoms with Crippen LogP contribution in [0.4, 0.5) is 5.82 Å². The molecule has 0 atom stereocenters. The smallest absolute Gasteiger partial charge is 0.126 e. The van der Waals surface area contributed by atoms with Crippen LogP contribution in [0.15, 0.2) is 12.1 Å². The molecule has 3 nitrogen and oxygen atoms in total. The third kappa shape index (κ3) is 6.38. The number of aromatic nitrogens is 1. The van der Waals surface area contributed by atoms with Gasteiger partial charge >= 0.3 is 0 Å². The van der Waals surface area contributed by atoms with Crippen molar-refractivity contribution in [2.75, 3.05) is 5.32 Å². The van der Waals surface area contributed by atoms with Gasteiger partial charge in [0.2, 0.25) is 0 Å². The zero-order valence-corrected chi connectivity index (χ0v) is 14.4. The number of nitrogens with zero attached hydrogens (tertiary/aromatic N) is 1. The predicted octanol–water partition coefficient (Wildman–Crippen LogP) is 4.30. The van der Waals surface area contributed by atoms with Crippen LogP contribution >= 0.6 is 0 Å². The number of rotatable bonds is 4. The van der Waals surface area contributed by atoms with E-state index < -0.39 is 0 Å². The van der Waals surface area contributed by atoms with Crippen molar-refractivity contribution < 1.29 is 0 Å². The summed E-state index contributed by atoms with van der Waals surface area (Å²) in [6, 6.07) is 4.35. The average Bonchev–Trinajstić information content (AvgIpc) is 2.22. The molecule has 114 valence electrons. The molecule has 0 aromatic carbocycles. The van der Waals surface area contributed by atoms with Crippen molar-refractivity contribution in [3.63, 3.8) is 0 Å². The SMILES string of the molecule is CC(C)c1cc(CNC(C)(C)C)cc(NC(C)(C)C)n1. The van der Waals surface area contributed by atoms with Crippen LogP contribution in [0.2, 0.25) is 0 Å². The molecule has 0 saturated carbocycles. The minimum atomic E-state index is 0.0251. The molecular formula is C17H31N3. The maximum Gasteiger partial charge on any atom is 0.126 e. The molecular weight excluding hydrogens is 246 g/mol. The maximum atomic E-state index is 4.72. The van der Waals surface area contributed by atoms with Crippen molar-refractivity contribution in [2.45, 2.75) is 78.9 Å². The summed E-state index contributed by atoms with van der Waals surface area (Å²) in [4.78, 5) is 4.72. The molecule has 0 aliphatic carbocycles. The van der Waals surface area contributed by atoms with E-state index in [4.69, 9.17) is 4.98 Å². The van der Waals surface area contributed by atoms with Gasteiger partial charge in [0.1, 0.15) is 5.82 Å². The number of hydrogen-bond acceptors (Lipinski definition) is 3. The summed E-state index contributed by atoms with van der Waals surface area (Å²) in [7, 11) is 0. The number of nitrogens with one attached hydrogen (secondary N) is 2. The first-order chi connectivity index (χ1) is 8.96. The van der Waals surface area contributed by atoms with Crippen LogP contribution in [0.5, 0.6) is 0 Å². The van der Waals surface area contributed by atoms with E-state index in [2.05, 4.69) is 78.2 Å². The Labute approximate surface area is 124 Å². The van der Waals surface area contributed by atoms with E-state index in [1.165, 1.54) is 5.56 Å². The van der Waals surface area contributed by atoms with Gasteiger partial charge in [-0.3, -0.25) is 0 Å². The zero-order chi connectivity index (χ0) is 15.6. The third-order valence-electron chi connectivity index (χ3n) is 2.82. The number of hydrogen-bond donors (Lipinski definition) is 2. The molecule has 3 heteroatoms. The highest BCUT2D eigenvalue weighted by atomic mass is 15.0.